The molecule has 0 radical (unpaired) electrons. The van der Waals surface area contributed by atoms with Gasteiger partial charge in [-0.2, -0.15) is 0 Å². The molecule has 1 aromatic carbocycles. The van der Waals surface area contributed by atoms with Crippen LogP contribution in [-0.2, 0) is 4.79 Å². The maximum atomic E-state index is 12.4. The molecular formula is C18H23N3O2. The average molecular weight is 313 g/mol. The van der Waals surface area contributed by atoms with Gasteiger partial charge in [0.05, 0.1) is 6.04 Å². The van der Waals surface area contributed by atoms with Gasteiger partial charge in [0.1, 0.15) is 0 Å². The summed E-state index contributed by atoms with van der Waals surface area (Å²) in [7, 11) is 0. The summed E-state index contributed by atoms with van der Waals surface area (Å²) in [5.74, 6) is 0.000923. The minimum Gasteiger partial charge on any atom is -0.325 e. The summed E-state index contributed by atoms with van der Waals surface area (Å²) in [6.45, 7) is 7.04. The zero-order valence-electron chi connectivity index (χ0n) is 13.8. The zero-order valence-corrected chi connectivity index (χ0v) is 13.8. The molecule has 23 heavy (non-hydrogen) atoms. The smallest absolute Gasteiger partial charge is 0.251 e. The quantitative estimate of drug-likeness (QED) is 0.797. The molecule has 0 aliphatic carbocycles. The van der Waals surface area contributed by atoms with Crippen molar-refractivity contribution in [2.75, 3.05) is 11.9 Å². The van der Waals surface area contributed by atoms with Crippen molar-refractivity contribution in [2.24, 2.45) is 5.41 Å². The Bertz CT molecular complexity index is 798. The van der Waals surface area contributed by atoms with E-state index in [-0.39, 0.29) is 22.9 Å². The lowest BCUT2D eigenvalue weighted by Gasteiger charge is -2.34. The highest BCUT2D eigenvalue weighted by Gasteiger charge is 2.30. The lowest BCUT2D eigenvalue weighted by molar-refractivity contribution is -0.119. The molecule has 0 bridgehead atoms. The van der Waals surface area contributed by atoms with Crippen LogP contribution in [0.15, 0.2) is 29.1 Å². The summed E-state index contributed by atoms with van der Waals surface area (Å²) in [4.78, 5) is 26.9. The number of carbonyl (C=O) groups is 1. The van der Waals surface area contributed by atoms with Crippen LogP contribution in [-0.4, -0.2) is 23.5 Å². The number of aromatic nitrogens is 1. The summed E-state index contributed by atoms with van der Waals surface area (Å²) < 4.78 is 0. The minimum atomic E-state index is -0.143. The van der Waals surface area contributed by atoms with Gasteiger partial charge in [0.25, 0.3) is 5.56 Å². The molecule has 1 aromatic heterocycles. The molecule has 1 unspecified atom stereocenters. The third-order valence-corrected chi connectivity index (χ3v) is 4.55. The van der Waals surface area contributed by atoms with Crippen LogP contribution in [0.2, 0.25) is 0 Å². The Morgan fingerprint density at radius 3 is 2.78 bits per heavy atom. The van der Waals surface area contributed by atoms with Crippen molar-refractivity contribution < 1.29 is 4.79 Å². The van der Waals surface area contributed by atoms with E-state index in [1.165, 1.54) is 0 Å². The number of amides is 1. The van der Waals surface area contributed by atoms with Crippen LogP contribution in [0, 0.1) is 12.3 Å². The predicted octanol–water partition coefficient (Wildman–Crippen LogP) is 2.55. The molecule has 122 valence electrons. The van der Waals surface area contributed by atoms with Crippen LogP contribution >= 0.6 is 0 Å². The number of nitrogens with one attached hydrogen (secondary N) is 3. The number of hydrogen-bond donors (Lipinski definition) is 3. The number of carbonyl (C=O) groups excluding carboxylic acids is 1. The second-order valence-electron chi connectivity index (χ2n) is 7.21. The first kappa shape index (κ1) is 15.7. The first-order valence-corrected chi connectivity index (χ1v) is 8.02. The lowest BCUT2D eigenvalue weighted by Crippen LogP contribution is -2.49. The fourth-order valence-corrected chi connectivity index (χ4v) is 2.97. The van der Waals surface area contributed by atoms with E-state index in [0.717, 1.165) is 36.0 Å². The molecule has 1 saturated heterocycles. The van der Waals surface area contributed by atoms with Gasteiger partial charge in [0.15, 0.2) is 0 Å². The highest BCUT2D eigenvalue weighted by Crippen LogP contribution is 2.27. The molecule has 3 N–H and O–H groups in total. The van der Waals surface area contributed by atoms with Crippen LogP contribution < -0.4 is 16.2 Å². The van der Waals surface area contributed by atoms with Crippen LogP contribution in [0.25, 0.3) is 10.9 Å². The van der Waals surface area contributed by atoms with E-state index in [2.05, 4.69) is 29.5 Å². The van der Waals surface area contributed by atoms with Gasteiger partial charge < -0.3 is 15.6 Å². The summed E-state index contributed by atoms with van der Waals surface area (Å²) in [5.41, 5.74) is 2.36. The Kier molecular flexibility index (Phi) is 3.98. The first-order valence-electron chi connectivity index (χ1n) is 8.02. The van der Waals surface area contributed by atoms with Crippen molar-refractivity contribution in [3.8, 4) is 0 Å². The monoisotopic (exact) mass is 313 g/mol. The van der Waals surface area contributed by atoms with Gasteiger partial charge in [0.2, 0.25) is 5.91 Å². The van der Waals surface area contributed by atoms with Gasteiger partial charge in [-0.3, -0.25) is 9.59 Å². The third kappa shape index (κ3) is 3.45. The number of hydrogen-bond acceptors (Lipinski definition) is 3. The van der Waals surface area contributed by atoms with Crippen LogP contribution in [0.4, 0.5) is 5.69 Å². The second-order valence-corrected chi connectivity index (χ2v) is 7.21. The summed E-state index contributed by atoms with van der Waals surface area (Å²) in [5, 5.41) is 7.21. The van der Waals surface area contributed by atoms with Crippen molar-refractivity contribution >= 4 is 22.5 Å². The van der Waals surface area contributed by atoms with Crippen LogP contribution in [0.1, 0.15) is 32.3 Å². The Labute approximate surface area is 135 Å². The molecule has 2 aromatic rings. The predicted molar refractivity (Wildman–Crippen MR) is 92.7 cm³/mol. The minimum absolute atomic E-state index is 0.000923. The first-order chi connectivity index (χ1) is 10.8. The molecular weight excluding hydrogens is 290 g/mol. The number of aryl methyl sites for hydroxylation is 1. The number of rotatable bonds is 2. The summed E-state index contributed by atoms with van der Waals surface area (Å²) in [6.07, 6.45) is 1.88. The van der Waals surface area contributed by atoms with Gasteiger partial charge in [-0.15, -0.1) is 0 Å². The third-order valence-electron chi connectivity index (χ3n) is 4.55. The number of anilines is 1. The molecule has 2 heterocycles. The molecule has 1 aliphatic rings. The fraction of sp³-hybridized carbons (Fsp3) is 0.444. The number of H-pyrrole nitrogens is 1. The van der Waals surface area contributed by atoms with Gasteiger partial charge in [-0.1, -0.05) is 13.8 Å². The lowest BCUT2D eigenvalue weighted by atomic mass is 9.82. The highest BCUT2D eigenvalue weighted by molar-refractivity contribution is 5.96. The standard InChI is InChI=1S/C18H23N3O2/c1-11-8-12-9-13(4-5-14(12)21-16(11)22)20-17(23)15-6-7-18(2,3)10-19-15/h4-5,8-9,15,19H,6-7,10H2,1-3H3,(H,20,23)(H,21,22). The van der Waals surface area contributed by atoms with Crippen molar-refractivity contribution in [1.29, 1.82) is 0 Å². The fourth-order valence-electron chi connectivity index (χ4n) is 2.97. The topological polar surface area (TPSA) is 74.0 Å². The zero-order chi connectivity index (χ0) is 16.6. The van der Waals surface area contributed by atoms with Gasteiger partial charge in [-0.05, 0) is 49.4 Å². The molecule has 0 spiro atoms. The maximum Gasteiger partial charge on any atom is 0.251 e. The Hall–Kier alpha value is -2.14. The Morgan fingerprint density at radius 2 is 2.09 bits per heavy atom. The maximum absolute atomic E-state index is 12.4. The van der Waals surface area contributed by atoms with E-state index >= 15 is 0 Å². The normalized spacial score (nSPS) is 20.4. The van der Waals surface area contributed by atoms with E-state index in [1.54, 1.807) is 6.92 Å². The van der Waals surface area contributed by atoms with E-state index in [0.29, 0.717) is 5.56 Å². The van der Waals surface area contributed by atoms with Crippen molar-refractivity contribution in [3.05, 3.63) is 40.2 Å². The molecule has 1 aliphatic heterocycles. The Balaban J connectivity index is 1.75. The van der Waals surface area contributed by atoms with Crippen LogP contribution in [0.5, 0.6) is 0 Å². The van der Waals surface area contributed by atoms with E-state index < -0.39 is 0 Å². The molecule has 0 saturated carbocycles. The number of fused-ring (bicyclic) bond motifs is 1. The number of piperidine rings is 1. The molecule has 1 fully saturated rings. The number of pyridine rings is 1. The summed E-state index contributed by atoms with van der Waals surface area (Å²) >= 11 is 0. The highest BCUT2D eigenvalue weighted by atomic mass is 16.2. The van der Waals surface area contributed by atoms with Gasteiger partial charge >= 0.3 is 0 Å². The molecule has 1 atom stereocenters. The Morgan fingerprint density at radius 1 is 1.30 bits per heavy atom. The largest absolute Gasteiger partial charge is 0.325 e. The van der Waals surface area contributed by atoms with Crippen molar-refractivity contribution in [3.63, 3.8) is 0 Å². The molecule has 3 rings (SSSR count). The van der Waals surface area contributed by atoms with Crippen molar-refractivity contribution in [2.45, 2.75) is 39.7 Å². The van der Waals surface area contributed by atoms with Gasteiger partial charge in [-0.25, -0.2) is 0 Å². The van der Waals surface area contributed by atoms with E-state index in [9.17, 15) is 9.59 Å². The number of benzene rings is 1. The summed E-state index contributed by atoms with van der Waals surface area (Å²) in [6, 6.07) is 7.23. The second kappa shape index (κ2) is 5.81. The molecule has 5 heteroatoms. The number of aromatic amines is 1. The average Bonchev–Trinajstić information content (AvgIpc) is 2.48. The molecule has 1 amide bonds. The van der Waals surface area contributed by atoms with Crippen molar-refractivity contribution in [1.82, 2.24) is 10.3 Å². The van der Waals surface area contributed by atoms with Gasteiger partial charge in [0, 0.05) is 28.7 Å². The molecule has 5 nitrogen and oxygen atoms in total. The SMILES string of the molecule is Cc1cc2cc(NC(=O)C3CCC(C)(C)CN3)ccc2[nH]c1=O. The van der Waals surface area contributed by atoms with E-state index in [1.807, 2.05) is 24.3 Å². The van der Waals surface area contributed by atoms with E-state index in [4.69, 9.17) is 0 Å². The van der Waals surface area contributed by atoms with Crippen LogP contribution in [0.3, 0.4) is 0 Å².